The van der Waals surface area contributed by atoms with E-state index in [2.05, 4.69) is 22.5 Å². The summed E-state index contributed by atoms with van der Waals surface area (Å²) >= 11 is 1.32. The third-order valence-corrected chi connectivity index (χ3v) is 3.70. The largest absolute Gasteiger partial charge is 0.395 e. The molecule has 0 bridgehead atoms. The summed E-state index contributed by atoms with van der Waals surface area (Å²) in [7, 11) is 0. The minimum atomic E-state index is -0.681. The van der Waals surface area contributed by atoms with Gasteiger partial charge in [0.15, 0.2) is 0 Å². The van der Waals surface area contributed by atoms with Gasteiger partial charge in [0.1, 0.15) is 6.04 Å². The third-order valence-electron chi connectivity index (χ3n) is 2.85. The molecule has 7 heteroatoms. The number of hydrogen-bond acceptors (Lipinski definition) is 5. The highest BCUT2D eigenvalue weighted by atomic mass is 32.1. The zero-order valence-electron chi connectivity index (χ0n) is 11.1. The fourth-order valence-electron chi connectivity index (χ4n) is 1.80. The van der Waals surface area contributed by atoms with E-state index in [1.165, 1.54) is 11.3 Å². The van der Waals surface area contributed by atoms with Crippen molar-refractivity contribution in [2.75, 3.05) is 6.61 Å². The van der Waals surface area contributed by atoms with Gasteiger partial charge < -0.3 is 10.4 Å². The number of thiophene rings is 1. The quantitative estimate of drug-likeness (QED) is 0.542. The van der Waals surface area contributed by atoms with Gasteiger partial charge in [0.05, 0.1) is 17.0 Å². The molecule has 1 saturated heterocycles. The Morgan fingerprint density at radius 2 is 2.33 bits per heavy atom. The Bertz CT molecular complexity index is 626. The molecule has 1 aliphatic heterocycles. The highest BCUT2D eigenvalue weighted by molar-refractivity contribution is 7.10. The van der Waals surface area contributed by atoms with Crippen LogP contribution in [0.4, 0.5) is 0 Å². The number of aliphatic hydroxyl groups excluding tert-OH is 1. The van der Waals surface area contributed by atoms with E-state index in [1.807, 2.05) is 0 Å². The number of imide groups is 1. The van der Waals surface area contributed by atoms with E-state index < -0.39 is 11.9 Å². The molecule has 1 aliphatic rings. The van der Waals surface area contributed by atoms with Crippen LogP contribution in [-0.4, -0.2) is 35.5 Å². The lowest BCUT2D eigenvalue weighted by atomic mass is 10.1. The molecule has 0 radical (unpaired) electrons. The van der Waals surface area contributed by atoms with Crippen LogP contribution >= 0.6 is 11.3 Å². The second-order valence-corrected chi connectivity index (χ2v) is 5.36. The maximum Gasteiger partial charge on any atom is 0.252 e. The highest BCUT2D eigenvalue weighted by Gasteiger charge is 2.28. The molecule has 1 unspecified atom stereocenters. The van der Waals surface area contributed by atoms with Gasteiger partial charge in [-0.05, 0) is 12.5 Å². The van der Waals surface area contributed by atoms with Gasteiger partial charge in [-0.2, -0.15) is 0 Å². The Balaban J connectivity index is 1.96. The standard InChI is InChI=1S/C14H14N2O4S/c17-6-2-1-3-10-7-9(8-21-10)13(19)15-11-4-5-12(18)16-14(11)20/h7-8,11,17H,2,4-6H2,(H,15,19)(H,16,18,20). The van der Waals surface area contributed by atoms with Crippen molar-refractivity contribution in [1.82, 2.24) is 10.6 Å². The van der Waals surface area contributed by atoms with Gasteiger partial charge in [-0.25, -0.2) is 0 Å². The first-order valence-corrected chi connectivity index (χ1v) is 7.31. The van der Waals surface area contributed by atoms with E-state index in [4.69, 9.17) is 5.11 Å². The van der Waals surface area contributed by atoms with Crippen LogP contribution < -0.4 is 10.6 Å². The van der Waals surface area contributed by atoms with Crippen molar-refractivity contribution in [1.29, 1.82) is 0 Å². The molecule has 0 aliphatic carbocycles. The molecule has 6 nitrogen and oxygen atoms in total. The summed E-state index contributed by atoms with van der Waals surface area (Å²) in [4.78, 5) is 35.3. The predicted molar refractivity (Wildman–Crippen MR) is 76.5 cm³/mol. The van der Waals surface area contributed by atoms with Gasteiger partial charge in [0, 0.05) is 18.2 Å². The van der Waals surface area contributed by atoms with Gasteiger partial charge in [-0.3, -0.25) is 19.7 Å². The molecule has 2 rings (SSSR count). The number of carbonyl (C=O) groups is 3. The average Bonchev–Trinajstić information content (AvgIpc) is 2.91. The zero-order valence-corrected chi connectivity index (χ0v) is 12.0. The van der Waals surface area contributed by atoms with Crippen molar-refractivity contribution in [3.63, 3.8) is 0 Å². The summed E-state index contributed by atoms with van der Waals surface area (Å²) < 4.78 is 0. The summed E-state index contributed by atoms with van der Waals surface area (Å²) in [6.45, 7) is 0.00122. The van der Waals surface area contributed by atoms with Gasteiger partial charge >= 0.3 is 0 Å². The number of rotatable bonds is 3. The lowest BCUT2D eigenvalue weighted by Crippen LogP contribution is -2.52. The van der Waals surface area contributed by atoms with Gasteiger partial charge in [0.25, 0.3) is 5.91 Å². The molecule has 1 fully saturated rings. The monoisotopic (exact) mass is 306 g/mol. The Labute approximate surface area is 125 Å². The molecule has 21 heavy (non-hydrogen) atoms. The molecule has 0 aromatic carbocycles. The summed E-state index contributed by atoms with van der Waals surface area (Å²) in [6, 6.07) is 0.954. The van der Waals surface area contributed by atoms with E-state index in [9.17, 15) is 14.4 Å². The van der Waals surface area contributed by atoms with Crippen LogP contribution in [0.1, 0.15) is 34.5 Å². The van der Waals surface area contributed by atoms with Gasteiger partial charge in [0.2, 0.25) is 11.8 Å². The first-order valence-electron chi connectivity index (χ1n) is 6.43. The van der Waals surface area contributed by atoms with Gasteiger partial charge in [-0.15, -0.1) is 11.3 Å². The zero-order chi connectivity index (χ0) is 15.2. The van der Waals surface area contributed by atoms with Crippen LogP contribution in [-0.2, 0) is 9.59 Å². The Hall–Kier alpha value is -2.17. The molecule has 1 atom stereocenters. The molecular formula is C14H14N2O4S. The number of piperidine rings is 1. The summed E-state index contributed by atoms with van der Waals surface area (Å²) in [5, 5.41) is 15.1. The Kier molecular flexibility index (Phi) is 5.09. The van der Waals surface area contributed by atoms with Crippen molar-refractivity contribution in [2.24, 2.45) is 0 Å². The molecular weight excluding hydrogens is 292 g/mol. The summed E-state index contributed by atoms with van der Waals surface area (Å²) in [5.74, 6) is 4.46. The number of amides is 3. The van der Waals surface area contributed by atoms with Crippen molar-refractivity contribution in [3.8, 4) is 11.8 Å². The normalized spacial score (nSPS) is 17.7. The van der Waals surface area contributed by atoms with Crippen LogP contribution in [0, 0.1) is 11.8 Å². The van der Waals surface area contributed by atoms with Crippen LogP contribution in [0.5, 0.6) is 0 Å². The molecule has 110 valence electrons. The first kappa shape index (κ1) is 15.2. The van der Waals surface area contributed by atoms with E-state index in [0.29, 0.717) is 18.4 Å². The lowest BCUT2D eigenvalue weighted by molar-refractivity contribution is -0.134. The maximum absolute atomic E-state index is 12.0. The molecule has 0 spiro atoms. The van der Waals surface area contributed by atoms with Gasteiger partial charge in [-0.1, -0.05) is 11.8 Å². The second kappa shape index (κ2) is 7.02. The van der Waals surface area contributed by atoms with E-state index in [-0.39, 0.29) is 24.8 Å². The second-order valence-electron chi connectivity index (χ2n) is 4.45. The van der Waals surface area contributed by atoms with Crippen LogP contribution in [0.15, 0.2) is 11.4 Å². The van der Waals surface area contributed by atoms with Crippen LogP contribution in [0.2, 0.25) is 0 Å². The Morgan fingerprint density at radius 3 is 3.05 bits per heavy atom. The summed E-state index contributed by atoms with van der Waals surface area (Å²) in [5.41, 5.74) is 0.429. The summed E-state index contributed by atoms with van der Waals surface area (Å²) in [6.07, 6.45) is 0.914. The highest BCUT2D eigenvalue weighted by Crippen LogP contribution is 2.14. The van der Waals surface area contributed by atoms with Crippen molar-refractivity contribution >= 4 is 29.1 Å². The molecule has 1 aromatic heterocycles. The average molecular weight is 306 g/mol. The molecule has 0 saturated carbocycles. The molecule has 3 N–H and O–H groups in total. The maximum atomic E-state index is 12.0. The number of carbonyl (C=O) groups excluding carboxylic acids is 3. The number of aliphatic hydroxyl groups is 1. The fourth-order valence-corrected chi connectivity index (χ4v) is 2.55. The van der Waals surface area contributed by atoms with Crippen molar-refractivity contribution < 1.29 is 19.5 Å². The first-order chi connectivity index (χ1) is 10.1. The van der Waals surface area contributed by atoms with E-state index >= 15 is 0 Å². The third kappa shape index (κ3) is 4.15. The van der Waals surface area contributed by atoms with E-state index in [1.54, 1.807) is 11.4 Å². The topological polar surface area (TPSA) is 95.5 Å². The fraction of sp³-hybridized carbons (Fsp3) is 0.357. The SMILES string of the molecule is O=C1CCC(NC(=O)c2csc(C#CCCO)c2)C(=O)N1. The molecule has 2 heterocycles. The number of nitrogens with one attached hydrogen (secondary N) is 2. The van der Waals surface area contributed by atoms with Crippen molar-refractivity contribution in [3.05, 3.63) is 21.9 Å². The van der Waals surface area contributed by atoms with Crippen LogP contribution in [0.3, 0.4) is 0 Å². The van der Waals surface area contributed by atoms with Crippen LogP contribution in [0.25, 0.3) is 0 Å². The minimum Gasteiger partial charge on any atom is -0.395 e. The smallest absolute Gasteiger partial charge is 0.252 e. The minimum absolute atomic E-state index is 0.00122. The number of hydrogen-bond donors (Lipinski definition) is 3. The Morgan fingerprint density at radius 1 is 1.52 bits per heavy atom. The molecule has 1 aromatic rings. The molecule has 3 amide bonds. The lowest BCUT2D eigenvalue weighted by Gasteiger charge is -2.21. The van der Waals surface area contributed by atoms with Crippen molar-refractivity contribution in [2.45, 2.75) is 25.3 Å². The predicted octanol–water partition coefficient (Wildman–Crippen LogP) is 0.0170. The van der Waals surface area contributed by atoms with E-state index in [0.717, 1.165) is 4.88 Å².